The Kier molecular flexibility index (Phi) is 6.06. The number of thioether (sulfide) groups is 1. The van der Waals surface area contributed by atoms with E-state index < -0.39 is 34.6 Å². The van der Waals surface area contributed by atoms with Crippen LogP contribution in [0.2, 0.25) is 0 Å². The van der Waals surface area contributed by atoms with Gasteiger partial charge in [-0.15, -0.1) is 11.8 Å². The van der Waals surface area contributed by atoms with E-state index >= 15 is 0 Å². The summed E-state index contributed by atoms with van der Waals surface area (Å²) in [7, 11) is 0. The number of ether oxygens (including phenoxy) is 1. The Morgan fingerprint density at radius 3 is 2.62 bits per heavy atom. The van der Waals surface area contributed by atoms with Crippen molar-refractivity contribution in [1.29, 1.82) is 0 Å². The van der Waals surface area contributed by atoms with Crippen LogP contribution in [0.15, 0.2) is 54.6 Å². The van der Waals surface area contributed by atoms with E-state index in [1.807, 2.05) is 68.5 Å². The van der Waals surface area contributed by atoms with Gasteiger partial charge in [-0.1, -0.05) is 54.6 Å². The first-order valence-electron chi connectivity index (χ1n) is 11.8. The van der Waals surface area contributed by atoms with E-state index in [0.29, 0.717) is 13.0 Å². The number of fused-ring (bicyclic) bond motifs is 2. The number of nitrogens with zero attached hydrogens (tertiary/aromatic N) is 2. The molecule has 1 aromatic carbocycles. The molecule has 1 aromatic rings. The predicted octanol–water partition coefficient (Wildman–Crippen LogP) is 1.81. The van der Waals surface area contributed by atoms with Gasteiger partial charge in [-0.25, -0.2) is 0 Å². The minimum absolute atomic E-state index is 0.0493. The Hall–Kier alpha value is -2.58. The maximum absolute atomic E-state index is 14.2. The normalized spacial score (nSPS) is 33.4. The van der Waals surface area contributed by atoms with Gasteiger partial charge in [0.2, 0.25) is 11.8 Å². The molecule has 180 valence electrons. The van der Waals surface area contributed by atoms with E-state index in [-0.39, 0.29) is 36.3 Å². The zero-order valence-electron chi connectivity index (χ0n) is 19.4. The highest BCUT2D eigenvalue weighted by molar-refractivity contribution is 8.02. The van der Waals surface area contributed by atoms with E-state index in [2.05, 4.69) is 0 Å². The summed E-state index contributed by atoms with van der Waals surface area (Å²) < 4.78 is 4.52. The third-order valence-electron chi connectivity index (χ3n) is 7.42. The molecular weight excluding hydrogens is 452 g/mol. The van der Waals surface area contributed by atoms with Crippen molar-refractivity contribution in [3.8, 4) is 0 Å². The average molecular weight is 483 g/mol. The largest absolute Gasteiger partial charge is 0.461 e. The van der Waals surface area contributed by atoms with E-state index in [9.17, 15) is 19.5 Å². The molecule has 1 N–H and O–H groups in total. The number of cyclic esters (lactones) is 1. The molecule has 0 radical (unpaired) electrons. The minimum Gasteiger partial charge on any atom is -0.461 e. The van der Waals surface area contributed by atoms with Crippen LogP contribution >= 0.6 is 11.8 Å². The summed E-state index contributed by atoms with van der Waals surface area (Å²) >= 11 is 1.52. The average Bonchev–Trinajstić information content (AvgIpc) is 3.12. The summed E-state index contributed by atoms with van der Waals surface area (Å²) in [6.45, 7) is 4.28. The Balaban J connectivity index is 1.62. The lowest BCUT2D eigenvalue weighted by atomic mass is 9.78. The molecule has 0 aromatic heterocycles. The molecule has 4 aliphatic heterocycles. The number of likely N-dealkylation sites (tertiary alicyclic amines) is 1. The zero-order chi connectivity index (χ0) is 24.0. The zero-order valence-corrected chi connectivity index (χ0v) is 20.2. The molecule has 1 spiro atoms. The molecule has 4 heterocycles. The second-order valence-electron chi connectivity index (χ2n) is 9.66. The number of amides is 2. The Bertz CT molecular complexity index is 1040. The summed E-state index contributed by atoms with van der Waals surface area (Å²) in [5.41, 5.74) is 0.972. The van der Waals surface area contributed by atoms with Gasteiger partial charge in [-0.05, 0) is 25.8 Å². The maximum Gasteiger partial charge on any atom is 0.311 e. The van der Waals surface area contributed by atoms with Crippen molar-refractivity contribution >= 4 is 29.5 Å². The standard InChI is InChI=1S/C26H30N2O5S/c1-16(2)27-12-7-11-26-21(20-19(34-26)10-6-13-33-25(20)32)23(30)28(22(26)24(27)31)18(15-29)14-17-8-4-3-5-9-17/h3-11,16,18-22,29H,12-15H2,1-2H3/t18-,19+,20-,21+,22?,26+/m1/s1. The molecule has 0 aliphatic carbocycles. The number of hydrogen-bond acceptors (Lipinski definition) is 6. The molecule has 34 heavy (non-hydrogen) atoms. The van der Waals surface area contributed by atoms with Gasteiger partial charge in [0.25, 0.3) is 0 Å². The molecule has 2 amide bonds. The topological polar surface area (TPSA) is 87.2 Å². The second kappa shape index (κ2) is 8.89. The van der Waals surface area contributed by atoms with Gasteiger partial charge in [0.15, 0.2) is 0 Å². The number of rotatable bonds is 5. The fraction of sp³-hybridized carbons (Fsp3) is 0.500. The van der Waals surface area contributed by atoms with Crippen LogP contribution in [0.4, 0.5) is 0 Å². The summed E-state index contributed by atoms with van der Waals surface area (Å²) in [6, 6.07) is 8.22. The molecule has 8 heteroatoms. The number of benzene rings is 1. The lowest BCUT2D eigenvalue weighted by Gasteiger charge is -2.39. The van der Waals surface area contributed by atoms with Gasteiger partial charge >= 0.3 is 5.97 Å². The smallest absolute Gasteiger partial charge is 0.311 e. The first kappa shape index (κ1) is 23.2. The van der Waals surface area contributed by atoms with Gasteiger partial charge < -0.3 is 19.6 Å². The number of aliphatic hydroxyl groups is 1. The molecule has 0 bridgehead atoms. The lowest BCUT2D eigenvalue weighted by Crippen LogP contribution is -2.57. The third kappa shape index (κ3) is 3.50. The molecule has 0 saturated carbocycles. The van der Waals surface area contributed by atoms with E-state index in [0.717, 1.165) is 5.56 Å². The third-order valence-corrected chi connectivity index (χ3v) is 9.17. The Morgan fingerprint density at radius 1 is 1.15 bits per heavy atom. The molecule has 2 fully saturated rings. The number of esters is 1. The van der Waals surface area contributed by atoms with Crippen LogP contribution in [0.25, 0.3) is 0 Å². The maximum atomic E-state index is 14.2. The van der Waals surface area contributed by atoms with Crippen molar-refractivity contribution in [2.75, 3.05) is 19.8 Å². The Morgan fingerprint density at radius 2 is 1.91 bits per heavy atom. The van der Waals surface area contributed by atoms with Gasteiger partial charge in [0, 0.05) is 17.8 Å². The van der Waals surface area contributed by atoms with Gasteiger partial charge in [0.1, 0.15) is 12.6 Å². The summed E-state index contributed by atoms with van der Waals surface area (Å²) in [5.74, 6) is -2.17. The molecular formula is C26H30N2O5S. The lowest BCUT2D eigenvalue weighted by molar-refractivity contribution is -0.152. The van der Waals surface area contributed by atoms with E-state index in [1.54, 1.807) is 9.80 Å². The number of aliphatic hydroxyl groups excluding tert-OH is 1. The van der Waals surface area contributed by atoms with Crippen LogP contribution in [0.3, 0.4) is 0 Å². The van der Waals surface area contributed by atoms with Crippen LogP contribution in [0.1, 0.15) is 19.4 Å². The predicted molar refractivity (Wildman–Crippen MR) is 129 cm³/mol. The van der Waals surface area contributed by atoms with E-state index in [4.69, 9.17) is 4.74 Å². The van der Waals surface area contributed by atoms with Crippen LogP contribution in [0.5, 0.6) is 0 Å². The highest BCUT2D eigenvalue weighted by Crippen LogP contribution is 2.61. The monoisotopic (exact) mass is 482 g/mol. The van der Waals surface area contributed by atoms with Crippen molar-refractivity contribution in [2.45, 2.75) is 48.4 Å². The quantitative estimate of drug-likeness (QED) is 0.509. The van der Waals surface area contributed by atoms with Gasteiger partial charge in [0.05, 0.1) is 29.2 Å². The highest BCUT2D eigenvalue weighted by atomic mass is 32.2. The van der Waals surface area contributed by atoms with Crippen LogP contribution in [-0.4, -0.2) is 80.6 Å². The summed E-state index contributed by atoms with van der Waals surface area (Å²) in [6.07, 6.45) is 8.13. The van der Waals surface area contributed by atoms with Crippen molar-refractivity contribution in [2.24, 2.45) is 11.8 Å². The second-order valence-corrected chi connectivity index (χ2v) is 11.1. The first-order chi connectivity index (χ1) is 16.4. The number of carbonyl (C=O) groups is 3. The van der Waals surface area contributed by atoms with Crippen molar-refractivity contribution in [3.05, 3.63) is 60.2 Å². The molecule has 4 aliphatic rings. The fourth-order valence-electron chi connectivity index (χ4n) is 5.92. The summed E-state index contributed by atoms with van der Waals surface area (Å²) in [5, 5.41) is 10.2. The van der Waals surface area contributed by atoms with Crippen molar-refractivity contribution in [3.63, 3.8) is 0 Å². The van der Waals surface area contributed by atoms with Crippen LogP contribution in [0, 0.1) is 11.8 Å². The molecule has 7 nitrogen and oxygen atoms in total. The van der Waals surface area contributed by atoms with Crippen LogP contribution < -0.4 is 0 Å². The Labute approximate surface area is 203 Å². The van der Waals surface area contributed by atoms with Gasteiger partial charge in [-0.3, -0.25) is 14.4 Å². The highest BCUT2D eigenvalue weighted by Gasteiger charge is 2.71. The number of hydrogen-bond donors (Lipinski definition) is 1. The SMILES string of the molecule is CC(C)N1CC=C[C@]23S[C@H]4C=CCOC(=O)[C@H]4[C@H]2C(=O)N([C@@H](CO)Cc2ccccc2)C3C1=O. The van der Waals surface area contributed by atoms with Gasteiger partial charge in [-0.2, -0.15) is 0 Å². The van der Waals surface area contributed by atoms with E-state index in [1.165, 1.54) is 11.8 Å². The van der Waals surface area contributed by atoms with Crippen LogP contribution in [-0.2, 0) is 25.5 Å². The first-order valence-corrected chi connectivity index (χ1v) is 12.7. The summed E-state index contributed by atoms with van der Waals surface area (Å²) in [4.78, 5) is 44.6. The fourth-order valence-corrected chi connectivity index (χ4v) is 7.91. The van der Waals surface area contributed by atoms with Crippen molar-refractivity contribution in [1.82, 2.24) is 9.80 Å². The molecule has 2 saturated heterocycles. The number of carbonyl (C=O) groups excluding carboxylic acids is 3. The minimum atomic E-state index is -0.891. The molecule has 6 atom stereocenters. The molecule has 5 rings (SSSR count). The van der Waals surface area contributed by atoms with Crippen molar-refractivity contribution < 1.29 is 24.2 Å². The molecule has 1 unspecified atom stereocenters.